The number of rotatable bonds is 6. The Labute approximate surface area is 119 Å². The van der Waals surface area contributed by atoms with Crippen molar-refractivity contribution in [3.63, 3.8) is 0 Å². The summed E-state index contributed by atoms with van der Waals surface area (Å²) in [5.41, 5.74) is 1.20. The van der Waals surface area contributed by atoms with Crippen molar-refractivity contribution in [1.82, 2.24) is 20.0 Å². The molecule has 1 saturated heterocycles. The van der Waals surface area contributed by atoms with Crippen molar-refractivity contribution in [3.05, 3.63) is 18.0 Å². The summed E-state index contributed by atoms with van der Waals surface area (Å²) >= 11 is 0. The lowest BCUT2D eigenvalue weighted by Crippen LogP contribution is -2.44. The monoisotopic (exact) mass is 280 g/mol. The Morgan fingerprint density at radius 1 is 1.60 bits per heavy atom. The maximum Gasteiger partial charge on any atom is 0.234 e. The molecular weight excluding hydrogens is 256 g/mol. The maximum absolute atomic E-state index is 11.8. The number of nitrogens with one attached hydrogen (secondary N) is 1. The summed E-state index contributed by atoms with van der Waals surface area (Å²) in [4.78, 5) is 13.8. The van der Waals surface area contributed by atoms with Crippen molar-refractivity contribution in [1.29, 1.82) is 0 Å². The maximum atomic E-state index is 11.8. The van der Waals surface area contributed by atoms with E-state index in [9.17, 15) is 9.90 Å². The van der Waals surface area contributed by atoms with Gasteiger partial charge in [-0.05, 0) is 37.8 Å². The van der Waals surface area contributed by atoms with Crippen molar-refractivity contribution >= 4 is 5.91 Å². The molecular formula is C14H24N4O2. The van der Waals surface area contributed by atoms with Crippen LogP contribution in [0, 0.1) is 0 Å². The summed E-state index contributed by atoms with van der Waals surface area (Å²) in [7, 11) is 1.90. The second kappa shape index (κ2) is 7.40. The van der Waals surface area contributed by atoms with Crippen molar-refractivity contribution in [2.75, 3.05) is 26.2 Å². The van der Waals surface area contributed by atoms with Crippen LogP contribution < -0.4 is 5.32 Å². The predicted octanol–water partition coefficient (Wildman–Crippen LogP) is -0.0744. The number of piperidine rings is 1. The average molecular weight is 280 g/mol. The second-order valence-corrected chi connectivity index (χ2v) is 5.51. The van der Waals surface area contributed by atoms with Gasteiger partial charge in [0, 0.05) is 26.3 Å². The molecule has 112 valence electrons. The number of aliphatic hydroxyl groups is 1. The quantitative estimate of drug-likeness (QED) is 0.715. The van der Waals surface area contributed by atoms with E-state index in [2.05, 4.69) is 10.4 Å². The number of hydrogen-bond donors (Lipinski definition) is 2. The number of β-amino-alcohol motifs (C(OH)–C–C–N with tert-alkyl or cyclic N) is 1. The third kappa shape index (κ3) is 4.94. The van der Waals surface area contributed by atoms with Crippen LogP contribution in [0.15, 0.2) is 12.4 Å². The number of aliphatic hydroxyl groups excluding tert-OH is 1. The normalized spacial score (nSPS) is 20.0. The first-order valence-electron chi connectivity index (χ1n) is 7.28. The summed E-state index contributed by atoms with van der Waals surface area (Å²) in [6.45, 7) is 2.59. The molecule has 6 nitrogen and oxygen atoms in total. The van der Waals surface area contributed by atoms with Crippen LogP contribution in [0.1, 0.15) is 24.8 Å². The lowest BCUT2D eigenvalue weighted by atomic mass is 10.1. The molecule has 1 aliphatic rings. The lowest BCUT2D eigenvalue weighted by Gasteiger charge is -2.29. The van der Waals surface area contributed by atoms with Gasteiger partial charge in [0.25, 0.3) is 0 Å². The fourth-order valence-electron chi connectivity index (χ4n) is 2.56. The number of likely N-dealkylation sites (tertiary alicyclic amines) is 1. The van der Waals surface area contributed by atoms with Crippen LogP contribution in [0.5, 0.6) is 0 Å². The Morgan fingerprint density at radius 3 is 3.15 bits per heavy atom. The van der Waals surface area contributed by atoms with E-state index in [1.807, 2.05) is 24.3 Å². The second-order valence-electron chi connectivity index (χ2n) is 5.51. The number of hydrogen-bond acceptors (Lipinski definition) is 4. The first-order valence-corrected chi connectivity index (χ1v) is 7.28. The minimum atomic E-state index is -0.276. The first kappa shape index (κ1) is 15.0. The number of nitrogens with zero attached hydrogens (tertiary/aromatic N) is 3. The Kier molecular flexibility index (Phi) is 5.55. The molecule has 1 atom stereocenters. The fraction of sp³-hybridized carbons (Fsp3) is 0.714. The number of amides is 1. The van der Waals surface area contributed by atoms with E-state index in [1.165, 1.54) is 5.56 Å². The Bertz CT molecular complexity index is 433. The highest BCUT2D eigenvalue weighted by Crippen LogP contribution is 2.08. The lowest BCUT2D eigenvalue weighted by molar-refractivity contribution is -0.122. The van der Waals surface area contributed by atoms with Crippen LogP contribution >= 0.6 is 0 Å². The van der Waals surface area contributed by atoms with Crippen molar-refractivity contribution in [2.24, 2.45) is 7.05 Å². The molecule has 0 aliphatic carbocycles. The SMILES string of the molecule is Cn1cc(CCCNC(=O)CN2CCC[C@@H](O)C2)cn1. The molecule has 0 bridgehead atoms. The van der Waals surface area contributed by atoms with Gasteiger partial charge in [0.05, 0.1) is 18.8 Å². The molecule has 2 N–H and O–H groups in total. The van der Waals surface area contributed by atoms with E-state index in [-0.39, 0.29) is 12.0 Å². The van der Waals surface area contributed by atoms with Gasteiger partial charge in [-0.25, -0.2) is 0 Å². The highest BCUT2D eigenvalue weighted by Gasteiger charge is 2.19. The molecule has 0 unspecified atom stereocenters. The van der Waals surface area contributed by atoms with Crippen molar-refractivity contribution in [2.45, 2.75) is 31.8 Å². The van der Waals surface area contributed by atoms with E-state index in [0.29, 0.717) is 19.6 Å². The zero-order chi connectivity index (χ0) is 14.4. The van der Waals surface area contributed by atoms with Gasteiger partial charge < -0.3 is 10.4 Å². The van der Waals surface area contributed by atoms with Gasteiger partial charge in [-0.2, -0.15) is 5.10 Å². The molecule has 0 aromatic carbocycles. The van der Waals surface area contributed by atoms with Crippen LogP contribution in [-0.2, 0) is 18.3 Å². The zero-order valence-corrected chi connectivity index (χ0v) is 12.1. The van der Waals surface area contributed by atoms with E-state index >= 15 is 0 Å². The molecule has 0 radical (unpaired) electrons. The van der Waals surface area contributed by atoms with E-state index in [0.717, 1.165) is 32.2 Å². The molecule has 1 amide bonds. The minimum absolute atomic E-state index is 0.0466. The molecule has 6 heteroatoms. The van der Waals surface area contributed by atoms with Crippen LogP contribution in [-0.4, -0.2) is 58.0 Å². The van der Waals surface area contributed by atoms with E-state index < -0.39 is 0 Å². The van der Waals surface area contributed by atoms with Crippen molar-refractivity contribution < 1.29 is 9.90 Å². The van der Waals surface area contributed by atoms with Gasteiger partial charge in [-0.3, -0.25) is 14.4 Å². The summed E-state index contributed by atoms with van der Waals surface area (Å²) in [5.74, 6) is 0.0466. The predicted molar refractivity (Wildman–Crippen MR) is 76.2 cm³/mol. The highest BCUT2D eigenvalue weighted by atomic mass is 16.3. The number of carbonyl (C=O) groups is 1. The topological polar surface area (TPSA) is 70.4 Å². The summed E-state index contributed by atoms with van der Waals surface area (Å²) < 4.78 is 1.79. The zero-order valence-electron chi connectivity index (χ0n) is 12.1. The fourth-order valence-corrected chi connectivity index (χ4v) is 2.56. The molecule has 2 heterocycles. The average Bonchev–Trinajstić information content (AvgIpc) is 2.80. The highest BCUT2D eigenvalue weighted by molar-refractivity contribution is 5.77. The minimum Gasteiger partial charge on any atom is -0.392 e. The van der Waals surface area contributed by atoms with Gasteiger partial charge in [-0.15, -0.1) is 0 Å². The number of aryl methyl sites for hydroxylation is 2. The molecule has 1 fully saturated rings. The van der Waals surface area contributed by atoms with Crippen LogP contribution in [0.4, 0.5) is 0 Å². The largest absolute Gasteiger partial charge is 0.392 e. The molecule has 20 heavy (non-hydrogen) atoms. The van der Waals surface area contributed by atoms with Crippen LogP contribution in [0.2, 0.25) is 0 Å². The summed E-state index contributed by atoms with van der Waals surface area (Å²) in [6, 6.07) is 0. The van der Waals surface area contributed by atoms with Gasteiger partial charge in [-0.1, -0.05) is 0 Å². The van der Waals surface area contributed by atoms with Crippen LogP contribution in [0.3, 0.4) is 0 Å². The smallest absolute Gasteiger partial charge is 0.234 e. The molecule has 1 aliphatic heterocycles. The Hall–Kier alpha value is -1.40. The van der Waals surface area contributed by atoms with E-state index in [4.69, 9.17) is 0 Å². The van der Waals surface area contributed by atoms with Gasteiger partial charge in [0.1, 0.15) is 0 Å². The standard InChI is InChI=1S/C14H24N4O2/c1-17-9-12(8-16-17)4-2-6-15-14(20)11-18-7-3-5-13(19)10-18/h8-9,13,19H,2-7,10-11H2,1H3,(H,15,20)/t13-/m1/s1. The Morgan fingerprint density at radius 2 is 2.45 bits per heavy atom. The molecule has 1 aromatic rings. The van der Waals surface area contributed by atoms with Gasteiger partial charge in [0.2, 0.25) is 5.91 Å². The molecule has 1 aromatic heterocycles. The van der Waals surface area contributed by atoms with Crippen LogP contribution in [0.25, 0.3) is 0 Å². The Balaban J connectivity index is 1.58. The third-order valence-corrected chi connectivity index (χ3v) is 3.57. The third-order valence-electron chi connectivity index (χ3n) is 3.57. The molecule has 0 spiro atoms. The van der Waals surface area contributed by atoms with Crippen molar-refractivity contribution in [3.8, 4) is 0 Å². The molecule has 2 rings (SSSR count). The van der Waals surface area contributed by atoms with Gasteiger partial charge >= 0.3 is 0 Å². The first-order chi connectivity index (χ1) is 9.63. The van der Waals surface area contributed by atoms with E-state index in [1.54, 1.807) is 4.68 Å². The number of aromatic nitrogens is 2. The molecule has 0 saturated carbocycles. The van der Waals surface area contributed by atoms with Gasteiger partial charge in [0.15, 0.2) is 0 Å². The number of carbonyl (C=O) groups excluding carboxylic acids is 1. The summed E-state index contributed by atoms with van der Waals surface area (Å²) in [5, 5.41) is 16.6. The summed E-state index contributed by atoms with van der Waals surface area (Å²) in [6.07, 6.45) is 7.24.